The molecule has 1 aromatic carbocycles. The Kier molecular flexibility index (Phi) is 7.00. The summed E-state index contributed by atoms with van der Waals surface area (Å²) in [6.45, 7) is 6.57. The molecule has 2 rings (SSSR count). The van der Waals surface area contributed by atoms with E-state index in [4.69, 9.17) is 11.6 Å². The molecule has 1 atom stereocenters. The van der Waals surface area contributed by atoms with E-state index >= 15 is 0 Å². The standard InChI is InChI=1S/C15H23ClN4O3S/c1-12(15(21)18-8-11-20-9-6-17-7-10-20)19-24(22,23)14-4-2-13(16)3-5-14/h2-5,12,17,19H,6-11H2,1H3,(H,18,21). The Morgan fingerprint density at radius 2 is 1.92 bits per heavy atom. The van der Waals surface area contributed by atoms with Gasteiger partial charge < -0.3 is 10.6 Å². The molecule has 0 bridgehead atoms. The molecule has 3 N–H and O–H groups in total. The van der Waals surface area contributed by atoms with Crippen LogP contribution in [0.2, 0.25) is 5.02 Å². The lowest BCUT2D eigenvalue weighted by Gasteiger charge is -2.27. The Hall–Kier alpha value is -1.19. The summed E-state index contributed by atoms with van der Waals surface area (Å²) in [4.78, 5) is 14.4. The lowest BCUT2D eigenvalue weighted by Crippen LogP contribution is -2.49. The van der Waals surface area contributed by atoms with Crippen molar-refractivity contribution in [3.63, 3.8) is 0 Å². The second kappa shape index (κ2) is 8.77. The van der Waals surface area contributed by atoms with Crippen LogP contribution in [0.4, 0.5) is 0 Å². The van der Waals surface area contributed by atoms with Crippen LogP contribution in [0.3, 0.4) is 0 Å². The minimum Gasteiger partial charge on any atom is -0.353 e. The van der Waals surface area contributed by atoms with Gasteiger partial charge in [-0.05, 0) is 31.2 Å². The molecule has 1 saturated heterocycles. The quantitative estimate of drug-likeness (QED) is 0.626. The van der Waals surface area contributed by atoms with Crippen LogP contribution >= 0.6 is 11.6 Å². The maximum atomic E-state index is 12.2. The van der Waals surface area contributed by atoms with Crippen LogP contribution in [-0.4, -0.2) is 64.5 Å². The highest BCUT2D eigenvalue weighted by atomic mass is 35.5. The summed E-state index contributed by atoms with van der Waals surface area (Å²) in [5.74, 6) is -0.345. The van der Waals surface area contributed by atoms with Crippen LogP contribution in [0.1, 0.15) is 6.92 Å². The van der Waals surface area contributed by atoms with Crippen molar-refractivity contribution in [1.29, 1.82) is 0 Å². The van der Waals surface area contributed by atoms with E-state index in [2.05, 4.69) is 20.3 Å². The topological polar surface area (TPSA) is 90.5 Å². The third-order valence-corrected chi connectivity index (χ3v) is 5.59. The predicted octanol–water partition coefficient (Wildman–Crippen LogP) is 0.0282. The molecule has 9 heteroatoms. The number of hydrogen-bond donors (Lipinski definition) is 3. The largest absolute Gasteiger partial charge is 0.353 e. The SMILES string of the molecule is CC(NS(=O)(=O)c1ccc(Cl)cc1)C(=O)NCCN1CCNCC1. The molecular weight excluding hydrogens is 352 g/mol. The Bertz CT molecular complexity index is 645. The number of carbonyl (C=O) groups is 1. The third-order valence-electron chi connectivity index (χ3n) is 3.79. The van der Waals surface area contributed by atoms with E-state index in [1.807, 2.05) is 0 Å². The van der Waals surface area contributed by atoms with E-state index in [1.54, 1.807) is 0 Å². The monoisotopic (exact) mass is 374 g/mol. The zero-order valence-electron chi connectivity index (χ0n) is 13.6. The summed E-state index contributed by atoms with van der Waals surface area (Å²) >= 11 is 5.75. The number of benzene rings is 1. The smallest absolute Gasteiger partial charge is 0.241 e. The van der Waals surface area contributed by atoms with Crippen molar-refractivity contribution in [3.05, 3.63) is 29.3 Å². The van der Waals surface area contributed by atoms with Gasteiger partial charge in [-0.25, -0.2) is 8.42 Å². The average Bonchev–Trinajstić information content (AvgIpc) is 2.55. The predicted molar refractivity (Wildman–Crippen MR) is 93.6 cm³/mol. The van der Waals surface area contributed by atoms with Crippen molar-refractivity contribution >= 4 is 27.5 Å². The Morgan fingerprint density at radius 1 is 1.29 bits per heavy atom. The van der Waals surface area contributed by atoms with E-state index in [0.29, 0.717) is 11.6 Å². The van der Waals surface area contributed by atoms with Gasteiger partial charge in [0.05, 0.1) is 10.9 Å². The molecule has 1 aromatic rings. The summed E-state index contributed by atoms with van der Waals surface area (Å²) in [6.07, 6.45) is 0. The summed E-state index contributed by atoms with van der Waals surface area (Å²) in [7, 11) is -3.75. The molecule has 7 nitrogen and oxygen atoms in total. The number of nitrogens with zero attached hydrogens (tertiary/aromatic N) is 1. The van der Waals surface area contributed by atoms with Gasteiger partial charge in [0.2, 0.25) is 15.9 Å². The molecule has 1 unspecified atom stereocenters. The number of carbonyl (C=O) groups excluding carboxylic acids is 1. The van der Waals surface area contributed by atoms with Gasteiger partial charge in [0.1, 0.15) is 0 Å². The summed E-state index contributed by atoms with van der Waals surface area (Å²) in [5, 5.41) is 6.48. The molecule has 0 spiro atoms. The molecule has 1 aliphatic rings. The number of amides is 1. The molecule has 24 heavy (non-hydrogen) atoms. The second-order valence-corrected chi connectivity index (χ2v) is 7.83. The molecule has 1 heterocycles. The first-order chi connectivity index (χ1) is 11.4. The van der Waals surface area contributed by atoms with Crippen molar-refractivity contribution in [1.82, 2.24) is 20.3 Å². The van der Waals surface area contributed by atoms with Crippen molar-refractivity contribution < 1.29 is 13.2 Å². The number of halogens is 1. The number of nitrogens with one attached hydrogen (secondary N) is 3. The van der Waals surface area contributed by atoms with Gasteiger partial charge in [-0.2, -0.15) is 4.72 Å². The maximum absolute atomic E-state index is 12.2. The van der Waals surface area contributed by atoms with Crippen LogP contribution in [-0.2, 0) is 14.8 Å². The Labute approximate surface area is 147 Å². The van der Waals surface area contributed by atoms with Gasteiger partial charge in [0.15, 0.2) is 0 Å². The van der Waals surface area contributed by atoms with Gasteiger partial charge in [0, 0.05) is 44.3 Å². The highest BCUT2D eigenvalue weighted by Gasteiger charge is 2.22. The van der Waals surface area contributed by atoms with Crippen LogP contribution in [0.5, 0.6) is 0 Å². The molecule has 0 radical (unpaired) electrons. The number of sulfonamides is 1. The maximum Gasteiger partial charge on any atom is 0.241 e. The molecule has 1 fully saturated rings. The first-order valence-corrected chi connectivity index (χ1v) is 9.73. The fourth-order valence-corrected chi connectivity index (χ4v) is 3.72. The van der Waals surface area contributed by atoms with Gasteiger partial charge in [0.25, 0.3) is 0 Å². The minimum absolute atomic E-state index is 0.0763. The van der Waals surface area contributed by atoms with E-state index in [1.165, 1.54) is 31.2 Å². The third kappa shape index (κ3) is 5.71. The lowest BCUT2D eigenvalue weighted by atomic mass is 10.3. The molecular formula is C15H23ClN4O3S. The Morgan fingerprint density at radius 3 is 2.54 bits per heavy atom. The van der Waals surface area contributed by atoms with Crippen molar-refractivity contribution in [3.8, 4) is 0 Å². The van der Waals surface area contributed by atoms with Gasteiger partial charge >= 0.3 is 0 Å². The van der Waals surface area contributed by atoms with E-state index in [0.717, 1.165) is 32.7 Å². The number of rotatable bonds is 7. The van der Waals surface area contributed by atoms with Crippen LogP contribution in [0.15, 0.2) is 29.2 Å². The normalized spacial score (nSPS) is 17.4. The summed E-state index contributed by atoms with van der Waals surface area (Å²) in [6, 6.07) is 4.94. The number of hydrogen-bond acceptors (Lipinski definition) is 5. The molecule has 0 aliphatic carbocycles. The fourth-order valence-electron chi connectivity index (χ4n) is 2.39. The summed E-state index contributed by atoms with van der Waals surface area (Å²) in [5.41, 5.74) is 0. The first kappa shape index (κ1) is 19.1. The van der Waals surface area contributed by atoms with Gasteiger partial charge in [-0.1, -0.05) is 11.6 Å². The van der Waals surface area contributed by atoms with Gasteiger partial charge in [-0.3, -0.25) is 9.69 Å². The lowest BCUT2D eigenvalue weighted by molar-refractivity contribution is -0.122. The highest BCUT2D eigenvalue weighted by molar-refractivity contribution is 7.89. The minimum atomic E-state index is -3.75. The molecule has 0 aromatic heterocycles. The molecule has 1 aliphatic heterocycles. The van der Waals surface area contributed by atoms with E-state index in [9.17, 15) is 13.2 Å². The van der Waals surface area contributed by atoms with Crippen LogP contribution in [0.25, 0.3) is 0 Å². The molecule has 1 amide bonds. The van der Waals surface area contributed by atoms with E-state index in [-0.39, 0.29) is 10.8 Å². The van der Waals surface area contributed by atoms with Crippen molar-refractivity contribution in [2.75, 3.05) is 39.3 Å². The molecule has 0 saturated carbocycles. The first-order valence-electron chi connectivity index (χ1n) is 7.87. The summed E-state index contributed by atoms with van der Waals surface area (Å²) < 4.78 is 26.8. The van der Waals surface area contributed by atoms with Crippen molar-refractivity contribution in [2.24, 2.45) is 0 Å². The van der Waals surface area contributed by atoms with Gasteiger partial charge in [-0.15, -0.1) is 0 Å². The van der Waals surface area contributed by atoms with Crippen LogP contribution < -0.4 is 15.4 Å². The van der Waals surface area contributed by atoms with Crippen LogP contribution in [0, 0.1) is 0 Å². The Balaban J connectivity index is 1.80. The second-order valence-electron chi connectivity index (χ2n) is 5.68. The average molecular weight is 375 g/mol. The zero-order valence-corrected chi connectivity index (χ0v) is 15.2. The van der Waals surface area contributed by atoms with Crippen molar-refractivity contribution in [2.45, 2.75) is 17.9 Å². The number of piperazine rings is 1. The van der Waals surface area contributed by atoms with E-state index < -0.39 is 16.1 Å². The zero-order chi connectivity index (χ0) is 17.6. The fraction of sp³-hybridized carbons (Fsp3) is 0.533. The molecule has 134 valence electrons. The highest BCUT2D eigenvalue weighted by Crippen LogP contribution is 2.14.